The van der Waals surface area contributed by atoms with E-state index in [4.69, 9.17) is 10.8 Å². The zero-order valence-electron chi connectivity index (χ0n) is 11.2. The lowest BCUT2D eigenvalue weighted by Gasteiger charge is -2.38. The van der Waals surface area contributed by atoms with E-state index in [0.717, 1.165) is 32.1 Å². The topological polar surface area (TPSA) is 92.4 Å². The Morgan fingerprint density at radius 1 is 1.28 bits per heavy atom. The molecule has 0 aliphatic heterocycles. The minimum atomic E-state index is -0.865. The highest BCUT2D eigenvalue weighted by molar-refractivity contribution is 5.83. The Bertz CT molecular complexity index is 309. The van der Waals surface area contributed by atoms with Crippen LogP contribution in [0.15, 0.2) is 0 Å². The summed E-state index contributed by atoms with van der Waals surface area (Å²) in [6.07, 6.45) is 4.48. The molecule has 18 heavy (non-hydrogen) atoms. The smallest absolute Gasteiger partial charge is 0.305 e. The molecule has 0 aromatic heterocycles. The van der Waals surface area contributed by atoms with Crippen LogP contribution in [-0.2, 0) is 9.59 Å². The van der Waals surface area contributed by atoms with Crippen molar-refractivity contribution in [1.82, 2.24) is 5.32 Å². The van der Waals surface area contributed by atoms with E-state index in [1.54, 1.807) is 0 Å². The summed E-state index contributed by atoms with van der Waals surface area (Å²) in [5, 5.41) is 11.9. The maximum atomic E-state index is 12.0. The van der Waals surface area contributed by atoms with Crippen LogP contribution >= 0.6 is 0 Å². The molecule has 1 amide bonds. The molecule has 0 aromatic rings. The summed E-state index contributed by atoms with van der Waals surface area (Å²) in [7, 11) is 0. The van der Waals surface area contributed by atoms with E-state index in [0.29, 0.717) is 0 Å². The number of carbonyl (C=O) groups is 2. The summed E-state index contributed by atoms with van der Waals surface area (Å²) in [6.45, 7) is 3.77. The molecule has 0 radical (unpaired) electrons. The molecule has 0 spiro atoms. The van der Waals surface area contributed by atoms with E-state index in [2.05, 4.69) is 5.32 Å². The van der Waals surface area contributed by atoms with E-state index >= 15 is 0 Å². The average molecular weight is 256 g/mol. The van der Waals surface area contributed by atoms with Gasteiger partial charge in [0.2, 0.25) is 5.91 Å². The third-order valence-electron chi connectivity index (χ3n) is 3.71. The highest BCUT2D eigenvalue weighted by Gasteiger charge is 2.37. The van der Waals surface area contributed by atoms with Crippen LogP contribution in [0.2, 0.25) is 0 Å². The summed E-state index contributed by atoms with van der Waals surface area (Å²) >= 11 is 0. The lowest BCUT2D eigenvalue weighted by Crippen LogP contribution is -2.56. The van der Waals surface area contributed by atoms with Gasteiger partial charge >= 0.3 is 5.97 Å². The van der Waals surface area contributed by atoms with Gasteiger partial charge in [-0.25, -0.2) is 0 Å². The predicted molar refractivity (Wildman–Crippen MR) is 69.0 cm³/mol. The normalized spacial score (nSPS) is 20.4. The summed E-state index contributed by atoms with van der Waals surface area (Å²) in [5.74, 6) is -1.04. The molecule has 1 fully saturated rings. The number of hydrogen-bond acceptors (Lipinski definition) is 3. The fraction of sp³-hybridized carbons (Fsp3) is 0.846. The number of carboxylic acid groups (broad SMARTS) is 1. The van der Waals surface area contributed by atoms with E-state index in [-0.39, 0.29) is 18.2 Å². The van der Waals surface area contributed by atoms with Gasteiger partial charge in [-0.3, -0.25) is 9.59 Å². The molecule has 5 heteroatoms. The molecule has 0 saturated heterocycles. The minimum Gasteiger partial charge on any atom is -0.481 e. The Balaban J connectivity index is 2.72. The quantitative estimate of drug-likeness (QED) is 0.690. The average Bonchev–Trinajstić information content (AvgIpc) is 2.27. The molecular formula is C13H24N2O3. The monoisotopic (exact) mass is 256 g/mol. The van der Waals surface area contributed by atoms with E-state index < -0.39 is 17.6 Å². The standard InChI is InChI=1S/C13H24N2O3/c1-9(2)11(14)12(18)15-13(8-10(16)17)6-4-3-5-7-13/h9,11H,3-8,14H2,1-2H3,(H,15,18)(H,16,17)/t11-/m1/s1. The van der Waals surface area contributed by atoms with Crippen molar-refractivity contribution in [2.75, 3.05) is 0 Å². The van der Waals surface area contributed by atoms with Crippen LogP contribution in [0.4, 0.5) is 0 Å². The summed E-state index contributed by atoms with van der Waals surface area (Å²) < 4.78 is 0. The highest BCUT2D eigenvalue weighted by Crippen LogP contribution is 2.31. The lowest BCUT2D eigenvalue weighted by atomic mass is 9.79. The number of rotatable bonds is 5. The molecule has 1 saturated carbocycles. The van der Waals surface area contributed by atoms with Crippen LogP contribution in [0.25, 0.3) is 0 Å². The minimum absolute atomic E-state index is 0.0104. The Labute approximate surface area is 108 Å². The Hall–Kier alpha value is -1.10. The second-order valence-corrected chi connectivity index (χ2v) is 5.67. The summed E-state index contributed by atoms with van der Waals surface area (Å²) in [4.78, 5) is 23.0. The maximum Gasteiger partial charge on any atom is 0.305 e. The molecule has 0 bridgehead atoms. The van der Waals surface area contributed by atoms with E-state index in [1.807, 2.05) is 13.8 Å². The van der Waals surface area contributed by atoms with Crippen molar-refractivity contribution in [1.29, 1.82) is 0 Å². The number of hydrogen-bond donors (Lipinski definition) is 3. The molecule has 1 rings (SSSR count). The molecule has 0 aromatic carbocycles. The molecule has 1 atom stereocenters. The van der Waals surface area contributed by atoms with Crippen molar-refractivity contribution >= 4 is 11.9 Å². The van der Waals surface area contributed by atoms with E-state index in [1.165, 1.54) is 0 Å². The van der Waals surface area contributed by atoms with Crippen LogP contribution < -0.4 is 11.1 Å². The van der Waals surface area contributed by atoms with Crippen molar-refractivity contribution in [2.24, 2.45) is 11.7 Å². The first kappa shape index (κ1) is 15.0. The largest absolute Gasteiger partial charge is 0.481 e. The first-order valence-electron chi connectivity index (χ1n) is 6.66. The molecule has 1 aliphatic carbocycles. The molecule has 4 N–H and O–H groups in total. The molecule has 1 aliphatic rings. The zero-order chi connectivity index (χ0) is 13.8. The number of aliphatic carboxylic acids is 1. The number of carboxylic acids is 1. The van der Waals surface area contributed by atoms with Gasteiger partial charge in [-0.05, 0) is 18.8 Å². The third-order valence-corrected chi connectivity index (χ3v) is 3.71. The van der Waals surface area contributed by atoms with Gasteiger partial charge in [0.25, 0.3) is 0 Å². The lowest BCUT2D eigenvalue weighted by molar-refractivity contribution is -0.139. The summed E-state index contributed by atoms with van der Waals surface area (Å²) in [5.41, 5.74) is 5.22. The van der Waals surface area contributed by atoms with Gasteiger partial charge in [0, 0.05) is 0 Å². The zero-order valence-corrected chi connectivity index (χ0v) is 11.2. The van der Waals surface area contributed by atoms with Gasteiger partial charge < -0.3 is 16.2 Å². The first-order chi connectivity index (χ1) is 8.36. The Morgan fingerprint density at radius 3 is 2.28 bits per heavy atom. The molecule has 104 valence electrons. The van der Waals surface area contributed by atoms with Crippen LogP contribution in [0.5, 0.6) is 0 Å². The van der Waals surface area contributed by atoms with Crippen LogP contribution in [0, 0.1) is 5.92 Å². The molecule has 5 nitrogen and oxygen atoms in total. The van der Waals surface area contributed by atoms with E-state index in [9.17, 15) is 9.59 Å². The van der Waals surface area contributed by atoms with Gasteiger partial charge in [-0.2, -0.15) is 0 Å². The predicted octanol–water partition coefficient (Wildman–Crippen LogP) is 1.26. The highest BCUT2D eigenvalue weighted by atomic mass is 16.4. The van der Waals surface area contributed by atoms with Gasteiger partial charge in [0.05, 0.1) is 18.0 Å². The van der Waals surface area contributed by atoms with Gasteiger partial charge in [0.1, 0.15) is 0 Å². The fourth-order valence-electron chi connectivity index (χ4n) is 2.51. The SMILES string of the molecule is CC(C)[C@@H](N)C(=O)NC1(CC(=O)O)CCCCC1. The van der Waals surface area contributed by atoms with Gasteiger partial charge in [-0.15, -0.1) is 0 Å². The van der Waals surface area contributed by atoms with Crippen molar-refractivity contribution in [3.05, 3.63) is 0 Å². The van der Waals surface area contributed by atoms with Crippen LogP contribution in [0.1, 0.15) is 52.4 Å². The van der Waals surface area contributed by atoms with Crippen molar-refractivity contribution < 1.29 is 14.7 Å². The van der Waals surface area contributed by atoms with Crippen molar-refractivity contribution in [3.63, 3.8) is 0 Å². The number of nitrogens with one attached hydrogen (secondary N) is 1. The Kier molecular flexibility index (Phi) is 5.14. The second kappa shape index (κ2) is 6.18. The van der Waals surface area contributed by atoms with Crippen LogP contribution in [-0.4, -0.2) is 28.6 Å². The summed E-state index contributed by atoms with van der Waals surface area (Å²) in [6, 6.07) is -0.572. The number of amides is 1. The van der Waals surface area contributed by atoms with Gasteiger partial charge in [-0.1, -0.05) is 33.1 Å². The maximum absolute atomic E-state index is 12.0. The van der Waals surface area contributed by atoms with Crippen molar-refractivity contribution in [2.45, 2.75) is 64.0 Å². The molecular weight excluding hydrogens is 232 g/mol. The number of carbonyl (C=O) groups excluding carboxylic acids is 1. The molecule has 0 unspecified atom stereocenters. The molecule has 0 heterocycles. The Morgan fingerprint density at radius 2 is 1.83 bits per heavy atom. The van der Waals surface area contributed by atoms with Crippen molar-refractivity contribution in [3.8, 4) is 0 Å². The van der Waals surface area contributed by atoms with Crippen LogP contribution in [0.3, 0.4) is 0 Å². The third kappa shape index (κ3) is 3.98. The number of nitrogens with two attached hydrogens (primary N) is 1. The fourth-order valence-corrected chi connectivity index (χ4v) is 2.51. The second-order valence-electron chi connectivity index (χ2n) is 5.67. The first-order valence-corrected chi connectivity index (χ1v) is 6.66. The van der Waals surface area contributed by atoms with Gasteiger partial charge in [0.15, 0.2) is 0 Å².